The van der Waals surface area contributed by atoms with Gasteiger partial charge in [-0.05, 0) is 71.7 Å². The van der Waals surface area contributed by atoms with Gasteiger partial charge in [-0.3, -0.25) is 0 Å². The summed E-state index contributed by atoms with van der Waals surface area (Å²) >= 11 is 0. The highest BCUT2D eigenvalue weighted by atomic mass is 14.9. The molecule has 1 aliphatic carbocycles. The van der Waals surface area contributed by atoms with Crippen molar-refractivity contribution in [1.82, 2.24) is 0 Å². The second-order valence-electron chi connectivity index (χ2n) is 7.95. The monoisotopic (exact) mass is 386 g/mol. The number of aryl methyl sites for hydroxylation is 1. The molecule has 0 aromatic heterocycles. The molecule has 0 fully saturated rings. The Labute approximate surface area is 176 Å². The lowest BCUT2D eigenvalue weighted by molar-refractivity contribution is 0.469. The molecule has 2 nitrogen and oxygen atoms in total. The lowest BCUT2D eigenvalue weighted by Crippen LogP contribution is -2.22. The number of nitrogens with two attached hydrogens (primary N) is 1. The number of anilines is 1. The fraction of sp³-hybridized carbons (Fsp3) is 0.333. The van der Waals surface area contributed by atoms with Gasteiger partial charge in [0, 0.05) is 12.2 Å². The summed E-state index contributed by atoms with van der Waals surface area (Å²) < 4.78 is 0. The average Bonchev–Trinajstić information content (AvgIpc) is 2.78. The summed E-state index contributed by atoms with van der Waals surface area (Å²) in [5.74, 6) is 0.657. The van der Waals surface area contributed by atoms with Crippen molar-refractivity contribution in [2.24, 2.45) is 11.7 Å². The molecule has 152 valence electrons. The number of rotatable bonds is 5. The summed E-state index contributed by atoms with van der Waals surface area (Å²) in [6.07, 6.45) is 4.75. The molecule has 0 bridgehead atoms. The van der Waals surface area contributed by atoms with Crippen molar-refractivity contribution >= 4 is 5.69 Å². The molecule has 29 heavy (non-hydrogen) atoms. The smallest absolute Gasteiger partial charge is 0.0400 e. The van der Waals surface area contributed by atoms with E-state index in [1.165, 1.54) is 46.3 Å². The molecule has 0 spiro atoms. The van der Waals surface area contributed by atoms with Crippen LogP contribution >= 0.6 is 0 Å². The minimum Gasteiger partial charge on any atom is -0.381 e. The fourth-order valence-electron chi connectivity index (χ4n) is 3.79. The van der Waals surface area contributed by atoms with Crippen LogP contribution in [-0.4, -0.2) is 6.54 Å². The van der Waals surface area contributed by atoms with Crippen molar-refractivity contribution in [2.45, 2.75) is 46.1 Å². The van der Waals surface area contributed by atoms with Gasteiger partial charge in [-0.25, -0.2) is 0 Å². The van der Waals surface area contributed by atoms with Crippen LogP contribution in [0.2, 0.25) is 0 Å². The standard InChI is InChI=1S/C24H26N2.C3H8/c25-16-19-8-11-23-15-24(13-12-22(23)14-19)26-17-18-6-9-21(10-7-18)20-4-2-1-3-5-20;1-3-2/h1-7,9-10,12-13,15,19,26H,8,11,14,16-17,25H2;3H2,1-2H3. The van der Waals surface area contributed by atoms with Gasteiger partial charge in [-0.15, -0.1) is 0 Å². The topological polar surface area (TPSA) is 38.0 Å². The Morgan fingerprint density at radius 1 is 0.862 bits per heavy atom. The van der Waals surface area contributed by atoms with Gasteiger partial charge in [0.05, 0.1) is 0 Å². The number of hydrogen-bond acceptors (Lipinski definition) is 2. The summed E-state index contributed by atoms with van der Waals surface area (Å²) in [6, 6.07) is 26.1. The maximum Gasteiger partial charge on any atom is 0.0400 e. The van der Waals surface area contributed by atoms with Gasteiger partial charge in [-0.2, -0.15) is 0 Å². The maximum atomic E-state index is 5.84. The van der Waals surface area contributed by atoms with Gasteiger partial charge < -0.3 is 11.1 Å². The first-order valence-electron chi connectivity index (χ1n) is 10.9. The van der Waals surface area contributed by atoms with Crippen molar-refractivity contribution in [2.75, 3.05) is 11.9 Å². The number of hydrogen-bond donors (Lipinski definition) is 2. The zero-order chi connectivity index (χ0) is 20.5. The largest absolute Gasteiger partial charge is 0.381 e. The third kappa shape index (κ3) is 5.95. The van der Waals surface area contributed by atoms with Crippen LogP contribution in [0.5, 0.6) is 0 Å². The van der Waals surface area contributed by atoms with Crippen LogP contribution in [0.15, 0.2) is 72.8 Å². The Hall–Kier alpha value is -2.58. The quantitative estimate of drug-likeness (QED) is 0.529. The second kappa shape index (κ2) is 10.8. The molecule has 0 radical (unpaired) electrons. The van der Waals surface area contributed by atoms with E-state index in [0.717, 1.165) is 25.9 Å². The summed E-state index contributed by atoms with van der Waals surface area (Å²) in [4.78, 5) is 0. The predicted molar refractivity (Wildman–Crippen MR) is 126 cm³/mol. The Balaban J connectivity index is 0.000000755. The molecule has 0 saturated carbocycles. The summed E-state index contributed by atoms with van der Waals surface area (Å²) in [5, 5.41) is 3.57. The first kappa shape index (κ1) is 21.1. The van der Waals surface area contributed by atoms with Crippen LogP contribution in [0.3, 0.4) is 0 Å². The van der Waals surface area contributed by atoms with Crippen LogP contribution in [0.4, 0.5) is 5.69 Å². The van der Waals surface area contributed by atoms with Crippen molar-refractivity contribution in [3.8, 4) is 11.1 Å². The van der Waals surface area contributed by atoms with Crippen molar-refractivity contribution < 1.29 is 0 Å². The van der Waals surface area contributed by atoms with Gasteiger partial charge in [0.1, 0.15) is 0 Å². The van der Waals surface area contributed by atoms with E-state index in [0.29, 0.717) is 5.92 Å². The van der Waals surface area contributed by atoms with E-state index in [2.05, 4.69) is 92.0 Å². The van der Waals surface area contributed by atoms with Crippen LogP contribution in [0.1, 0.15) is 43.4 Å². The van der Waals surface area contributed by atoms with E-state index >= 15 is 0 Å². The van der Waals surface area contributed by atoms with Gasteiger partial charge in [0.25, 0.3) is 0 Å². The number of benzene rings is 3. The third-order valence-corrected chi connectivity index (χ3v) is 5.43. The molecule has 1 unspecified atom stereocenters. The molecule has 2 heteroatoms. The SMILES string of the molecule is CCC.NCC1CCc2cc(NCc3ccc(-c4ccccc4)cc3)ccc2C1. The Kier molecular flexibility index (Phi) is 7.89. The normalized spacial score (nSPS) is 15.1. The maximum absolute atomic E-state index is 5.84. The van der Waals surface area contributed by atoms with Crippen LogP contribution < -0.4 is 11.1 Å². The van der Waals surface area contributed by atoms with Gasteiger partial charge >= 0.3 is 0 Å². The molecule has 4 rings (SSSR count). The Morgan fingerprint density at radius 2 is 1.55 bits per heavy atom. The summed E-state index contributed by atoms with van der Waals surface area (Å²) in [6.45, 7) is 5.90. The minimum absolute atomic E-state index is 0.657. The molecule has 0 aliphatic heterocycles. The fourth-order valence-corrected chi connectivity index (χ4v) is 3.79. The minimum atomic E-state index is 0.657. The first-order chi connectivity index (χ1) is 14.2. The highest BCUT2D eigenvalue weighted by molar-refractivity contribution is 5.63. The van der Waals surface area contributed by atoms with Crippen LogP contribution in [0, 0.1) is 5.92 Å². The van der Waals surface area contributed by atoms with Crippen molar-refractivity contribution in [3.05, 3.63) is 89.5 Å². The van der Waals surface area contributed by atoms with Gasteiger partial charge in [-0.1, -0.05) is 80.9 Å². The zero-order valence-electron chi connectivity index (χ0n) is 17.8. The van der Waals surface area contributed by atoms with E-state index in [-0.39, 0.29) is 0 Å². The highest BCUT2D eigenvalue weighted by Gasteiger charge is 2.17. The molecular weight excluding hydrogens is 352 g/mol. The molecule has 3 aromatic rings. The molecular formula is C27H34N2. The summed E-state index contributed by atoms with van der Waals surface area (Å²) in [7, 11) is 0. The first-order valence-corrected chi connectivity index (χ1v) is 10.9. The van der Waals surface area contributed by atoms with Crippen LogP contribution in [-0.2, 0) is 19.4 Å². The highest BCUT2D eigenvalue weighted by Crippen LogP contribution is 2.27. The van der Waals surface area contributed by atoms with Crippen molar-refractivity contribution in [3.63, 3.8) is 0 Å². The zero-order valence-corrected chi connectivity index (χ0v) is 17.8. The Bertz CT molecular complexity index is 869. The van der Waals surface area contributed by atoms with E-state index in [1.54, 1.807) is 0 Å². The molecule has 0 heterocycles. The van der Waals surface area contributed by atoms with Crippen LogP contribution in [0.25, 0.3) is 11.1 Å². The average molecular weight is 387 g/mol. The van der Waals surface area contributed by atoms with E-state index < -0.39 is 0 Å². The molecule has 1 atom stereocenters. The second-order valence-corrected chi connectivity index (χ2v) is 7.95. The molecule has 1 aliphatic rings. The van der Waals surface area contributed by atoms with Gasteiger partial charge in [0.2, 0.25) is 0 Å². The van der Waals surface area contributed by atoms with Crippen molar-refractivity contribution in [1.29, 1.82) is 0 Å². The lowest BCUT2D eigenvalue weighted by Gasteiger charge is -2.24. The molecule has 0 amide bonds. The lowest BCUT2D eigenvalue weighted by atomic mass is 9.84. The van der Waals surface area contributed by atoms with E-state index in [9.17, 15) is 0 Å². The Morgan fingerprint density at radius 3 is 2.24 bits per heavy atom. The number of fused-ring (bicyclic) bond motifs is 1. The van der Waals surface area contributed by atoms with E-state index in [1.807, 2.05) is 0 Å². The predicted octanol–water partition coefficient (Wildman–Crippen LogP) is 6.45. The number of nitrogens with one attached hydrogen (secondary N) is 1. The molecule has 3 N–H and O–H groups in total. The molecule has 3 aromatic carbocycles. The summed E-state index contributed by atoms with van der Waals surface area (Å²) in [5.41, 5.74) is 13.8. The molecule has 0 saturated heterocycles. The van der Waals surface area contributed by atoms with E-state index in [4.69, 9.17) is 5.73 Å². The third-order valence-electron chi connectivity index (χ3n) is 5.43. The van der Waals surface area contributed by atoms with Gasteiger partial charge in [0.15, 0.2) is 0 Å².